The molecule has 0 aromatic heterocycles. The van der Waals surface area contributed by atoms with Gasteiger partial charge in [-0.15, -0.1) is 24.0 Å². The summed E-state index contributed by atoms with van der Waals surface area (Å²) in [7, 11) is 3.50. The maximum absolute atomic E-state index is 11.8. The molecule has 130 valence electrons. The Kier molecular flexibility index (Phi) is 9.19. The van der Waals surface area contributed by atoms with E-state index in [2.05, 4.69) is 36.4 Å². The predicted octanol–water partition coefficient (Wildman–Crippen LogP) is 2.86. The molecule has 1 amide bonds. The molecule has 0 spiro atoms. The quantitative estimate of drug-likeness (QED) is 0.437. The van der Waals surface area contributed by atoms with Crippen LogP contribution >= 0.6 is 24.0 Å². The van der Waals surface area contributed by atoms with Crippen molar-refractivity contribution in [3.63, 3.8) is 0 Å². The van der Waals surface area contributed by atoms with E-state index in [9.17, 15) is 4.79 Å². The van der Waals surface area contributed by atoms with E-state index in [-0.39, 0.29) is 35.4 Å². The molecule has 0 heterocycles. The Bertz CT molecular complexity index is 518. The average molecular weight is 432 g/mol. The van der Waals surface area contributed by atoms with Crippen LogP contribution in [-0.2, 0) is 6.54 Å². The van der Waals surface area contributed by atoms with Gasteiger partial charge in [0, 0.05) is 31.7 Å². The normalized spacial score (nSPS) is 11.5. The first-order chi connectivity index (χ1) is 10.2. The van der Waals surface area contributed by atoms with Gasteiger partial charge in [-0.3, -0.25) is 4.79 Å². The number of halogens is 1. The van der Waals surface area contributed by atoms with Crippen molar-refractivity contribution >= 4 is 35.8 Å². The summed E-state index contributed by atoms with van der Waals surface area (Å²) >= 11 is 0. The Hall–Kier alpha value is -1.31. The van der Waals surface area contributed by atoms with E-state index in [0.29, 0.717) is 12.1 Å². The van der Waals surface area contributed by atoms with Crippen LogP contribution in [0.4, 0.5) is 0 Å². The van der Waals surface area contributed by atoms with Crippen LogP contribution in [0.1, 0.15) is 43.6 Å². The fourth-order valence-electron chi connectivity index (χ4n) is 1.84. The van der Waals surface area contributed by atoms with Gasteiger partial charge in [0.2, 0.25) is 0 Å². The van der Waals surface area contributed by atoms with Gasteiger partial charge in [0.1, 0.15) is 0 Å². The molecule has 0 aliphatic heterocycles. The van der Waals surface area contributed by atoms with Crippen LogP contribution in [0, 0.1) is 0 Å². The van der Waals surface area contributed by atoms with Gasteiger partial charge < -0.3 is 15.5 Å². The molecule has 2 N–H and O–H groups in total. The molecule has 6 heteroatoms. The van der Waals surface area contributed by atoms with Crippen LogP contribution in [0.15, 0.2) is 29.3 Å². The third-order valence-electron chi connectivity index (χ3n) is 2.86. The average Bonchev–Trinajstić information content (AvgIpc) is 2.43. The zero-order valence-electron chi connectivity index (χ0n) is 14.9. The highest BCUT2D eigenvalue weighted by Gasteiger charge is 2.11. The van der Waals surface area contributed by atoms with Gasteiger partial charge >= 0.3 is 0 Å². The SMILES string of the molecule is CCNC(=NCc1ccc(C(=O)N(C)C)cc1)NC(C)(C)C.I. The van der Waals surface area contributed by atoms with Crippen molar-refractivity contribution in [2.75, 3.05) is 20.6 Å². The third kappa shape index (κ3) is 8.20. The summed E-state index contributed by atoms with van der Waals surface area (Å²) in [6.07, 6.45) is 0. The molecular formula is C17H29IN4O. The van der Waals surface area contributed by atoms with Gasteiger partial charge in [0.15, 0.2) is 5.96 Å². The number of amides is 1. The first-order valence-electron chi connectivity index (χ1n) is 7.60. The lowest BCUT2D eigenvalue weighted by molar-refractivity contribution is 0.0827. The van der Waals surface area contributed by atoms with Crippen LogP contribution in [0.25, 0.3) is 0 Å². The van der Waals surface area contributed by atoms with E-state index >= 15 is 0 Å². The first-order valence-corrected chi connectivity index (χ1v) is 7.60. The summed E-state index contributed by atoms with van der Waals surface area (Å²) in [5.41, 5.74) is 1.72. The van der Waals surface area contributed by atoms with Gasteiger partial charge in [-0.05, 0) is 45.4 Å². The van der Waals surface area contributed by atoms with Gasteiger partial charge in [-0.25, -0.2) is 4.99 Å². The number of carbonyl (C=O) groups is 1. The van der Waals surface area contributed by atoms with Crippen LogP contribution in [0.5, 0.6) is 0 Å². The Morgan fingerprint density at radius 3 is 2.17 bits per heavy atom. The lowest BCUT2D eigenvalue weighted by atomic mass is 10.1. The number of benzene rings is 1. The molecule has 0 fully saturated rings. The van der Waals surface area contributed by atoms with Gasteiger partial charge in [0.25, 0.3) is 5.91 Å². The van der Waals surface area contributed by atoms with Crippen LogP contribution < -0.4 is 10.6 Å². The molecule has 0 aliphatic rings. The maximum Gasteiger partial charge on any atom is 0.253 e. The van der Waals surface area contributed by atoms with Crippen molar-refractivity contribution < 1.29 is 4.79 Å². The fraction of sp³-hybridized carbons (Fsp3) is 0.529. The van der Waals surface area contributed by atoms with Gasteiger partial charge in [-0.2, -0.15) is 0 Å². The Morgan fingerprint density at radius 2 is 1.74 bits per heavy atom. The standard InChI is InChI=1S/C17H28N4O.HI/c1-7-18-16(20-17(2,3)4)19-12-13-8-10-14(11-9-13)15(22)21(5)6;/h8-11H,7,12H2,1-6H3,(H2,18,19,20);1H. The molecule has 0 atom stereocenters. The number of hydrogen-bond donors (Lipinski definition) is 2. The Labute approximate surface area is 157 Å². The molecule has 23 heavy (non-hydrogen) atoms. The minimum Gasteiger partial charge on any atom is -0.357 e. The van der Waals surface area contributed by atoms with E-state index in [0.717, 1.165) is 18.1 Å². The predicted molar refractivity (Wildman–Crippen MR) is 108 cm³/mol. The summed E-state index contributed by atoms with van der Waals surface area (Å²) in [5, 5.41) is 6.58. The topological polar surface area (TPSA) is 56.7 Å². The van der Waals surface area contributed by atoms with Crippen molar-refractivity contribution in [2.24, 2.45) is 4.99 Å². The highest BCUT2D eigenvalue weighted by Crippen LogP contribution is 2.08. The lowest BCUT2D eigenvalue weighted by Gasteiger charge is -2.23. The maximum atomic E-state index is 11.8. The number of guanidine groups is 1. The summed E-state index contributed by atoms with van der Waals surface area (Å²) in [6.45, 7) is 9.73. The summed E-state index contributed by atoms with van der Waals surface area (Å²) in [6, 6.07) is 7.58. The largest absolute Gasteiger partial charge is 0.357 e. The number of aliphatic imine (C=N–C) groups is 1. The van der Waals surface area contributed by atoms with Crippen molar-refractivity contribution in [1.29, 1.82) is 0 Å². The van der Waals surface area contributed by atoms with E-state index in [4.69, 9.17) is 0 Å². The molecule has 0 bridgehead atoms. The minimum atomic E-state index is -0.0387. The van der Waals surface area contributed by atoms with Gasteiger partial charge in [0.05, 0.1) is 6.54 Å². The molecular weight excluding hydrogens is 403 g/mol. The fourth-order valence-corrected chi connectivity index (χ4v) is 1.84. The second kappa shape index (κ2) is 9.75. The molecule has 1 aromatic rings. The number of hydrogen-bond acceptors (Lipinski definition) is 2. The lowest BCUT2D eigenvalue weighted by Crippen LogP contribution is -2.47. The van der Waals surface area contributed by atoms with Crippen LogP contribution in [0.2, 0.25) is 0 Å². The highest BCUT2D eigenvalue weighted by atomic mass is 127. The molecule has 1 rings (SSSR count). The number of nitrogens with one attached hydrogen (secondary N) is 2. The van der Waals surface area contributed by atoms with E-state index in [1.165, 1.54) is 0 Å². The molecule has 0 saturated heterocycles. The van der Waals surface area contributed by atoms with Crippen molar-refractivity contribution in [2.45, 2.75) is 39.8 Å². The number of rotatable bonds is 4. The van der Waals surface area contributed by atoms with Gasteiger partial charge in [-0.1, -0.05) is 12.1 Å². The van der Waals surface area contributed by atoms with Crippen LogP contribution in [0.3, 0.4) is 0 Å². The monoisotopic (exact) mass is 432 g/mol. The first kappa shape index (κ1) is 21.7. The smallest absolute Gasteiger partial charge is 0.253 e. The molecule has 5 nitrogen and oxygen atoms in total. The Morgan fingerprint density at radius 1 is 1.17 bits per heavy atom. The Balaban J connectivity index is 0.00000484. The summed E-state index contributed by atoms with van der Waals surface area (Å²) in [5.74, 6) is 0.807. The van der Waals surface area contributed by atoms with Crippen molar-refractivity contribution in [1.82, 2.24) is 15.5 Å². The minimum absolute atomic E-state index is 0. The third-order valence-corrected chi connectivity index (χ3v) is 2.86. The van der Waals surface area contributed by atoms with E-state index < -0.39 is 0 Å². The van der Waals surface area contributed by atoms with E-state index in [1.807, 2.05) is 31.2 Å². The highest BCUT2D eigenvalue weighted by molar-refractivity contribution is 14.0. The number of nitrogens with zero attached hydrogens (tertiary/aromatic N) is 2. The molecule has 1 aromatic carbocycles. The summed E-state index contributed by atoms with van der Waals surface area (Å²) < 4.78 is 0. The zero-order chi connectivity index (χ0) is 16.8. The molecule has 0 unspecified atom stereocenters. The van der Waals surface area contributed by atoms with Crippen LogP contribution in [-0.4, -0.2) is 42.9 Å². The zero-order valence-corrected chi connectivity index (χ0v) is 17.3. The van der Waals surface area contributed by atoms with E-state index in [1.54, 1.807) is 19.0 Å². The van der Waals surface area contributed by atoms with Crippen molar-refractivity contribution in [3.05, 3.63) is 35.4 Å². The molecule has 0 aliphatic carbocycles. The summed E-state index contributed by atoms with van der Waals surface area (Å²) in [4.78, 5) is 18.0. The van der Waals surface area contributed by atoms with Crippen molar-refractivity contribution in [3.8, 4) is 0 Å². The molecule has 0 saturated carbocycles. The second-order valence-electron chi connectivity index (χ2n) is 6.47. The molecule has 0 radical (unpaired) electrons. The number of carbonyl (C=O) groups excluding carboxylic acids is 1. The second-order valence-corrected chi connectivity index (χ2v) is 6.47.